The molecule has 0 aliphatic heterocycles. The average molecular weight is 301 g/mol. The third-order valence-electron chi connectivity index (χ3n) is 3.15. The van der Waals surface area contributed by atoms with Crippen molar-refractivity contribution in [2.24, 2.45) is 5.73 Å². The van der Waals surface area contributed by atoms with Gasteiger partial charge in [-0.3, -0.25) is 4.79 Å². The van der Waals surface area contributed by atoms with Gasteiger partial charge in [0, 0.05) is 12.0 Å². The van der Waals surface area contributed by atoms with Crippen LogP contribution in [0.1, 0.15) is 6.42 Å². The molecule has 2 N–H and O–H groups in total. The molecular formula is C16H15NO3S. The molecule has 4 nitrogen and oxygen atoms in total. The Morgan fingerprint density at radius 2 is 1.90 bits per heavy atom. The molecule has 0 aliphatic rings. The number of hydrogen-bond acceptors (Lipinski definition) is 5. The van der Waals surface area contributed by atoms with Crippen LogP contribution in [0.15, 0.2) is 56.6 Å². The summed E-state index contributed by atoms with van der Waals surface area (Å²) in [5.74, 6) is 0. The molecule has 0 unspecified atom stereocenters. The molecule has 108 valence electrons. The van der Waals surface area contributed by atoms with Crippen LogP contribution in [0, 0.1) is 0 Å². The lowest BCUT2D eigenvalue weighted by Gasteiger charge is -2.06. The summed E-state index contributed by atoms with van der Waals surface area (Å²) >= 11 is 1.20. The van der Waals surface area contributed by atoms with E-state index in [1.54, 1.807) is 18.2 Å². The predicted octanol–water partition coefficient (Wildman–Crippen LogP) is 3.32. The van der Waals surface area contributed by atoms with Crippen molar-refractivity contribution >= 4 is 34.0 Å². The van der Waals surface area contributed by atoms with E-state index < -0.39 is 0 Å². The van der Waals surface area contributed by atoms with Gasteiger partial charge in [-0.05, 0) is 37.2 Å². The van der Waals surface area contributed by atoms with Gasteiger partial charge in [0.15, 0.2) is 0 Å². The molecular weight excluding hydrogens is 286 g/mol. The van der Waals surface area contributed by atoms with Crippen molar-refractivity contribution in [2.75, 3.05) is 13.2 Å². The number of rotatable bonds is 5. The van der Waals surface area contributed by atoms with Gasteiger partial charge in [-0.1, -0.05) is 18.2 Å². The Labute approximate surface area is 126 Å². The highest BCUT2D eigenvalue weighted by Crippen LogP contribution is 2.28. The fourth-order valence-electron chi connectivity index (χ4n) is 2.13. The summed E-state index contributed by atoms with van der Waals surface area (Å²) in [5, 5.41) is 1.15. The first kappa shape index (κ1) is 14.1. The van der Waals surface area contributed by atoms with E-state index in [0.717, 1.165) is 11.3 Å². The molecule has 0 saturated heterocycles. The third kappa shape index (κ3) is 2.81. The summed E-state index contributed by atoms with van der Waals surface area (Å²) in [6, 6.07) is 12.8. The Morgan fingerprint density at radius 3 is 2.76 bits per heavy atom. The second-order valence-electron chi connectivity index (χ2n) is 4.60. The Kier molecular flexibility index (Phi) is 4.24. The normalized spacial score (nSPS) is 11.3. The van der Waals surface area contributed by atoms with Crippen LogP contribution >= 0.6 is 12.0 Å². The van der Waals surface area contributed by atoms with Crippen molar-refractivity contribution in [1.82, 2.24) is 0 Å². The SMILES string of the molecule is NCCCOSc1cccc2oc3ccccc3c(=O)c12. The first-order chi connectivity index (χ1) is 10.3. The Morgan fingerprint density at radius 1 is 1.10 bits per heavy atom. The van der Waals surface area contributed by atoms with E-state index in [4.69, 9.17) is 14.3 Å². The van der Waals surface area contributed by atoms with Gasteiger partial charge >= 0.3 is 0 Å². The lowest BCUT2D eigenvalue weighted by molar-refractivity contribution is 0.368. The Hall–Kier alpha value is -1.82. The van der Waals surface area contributed by atoms with Gasteiger partial charge in [-0.2, -0.15) is 0 Å². The van der Waals surface area contributed by atoms with Crippen molar-refractivity contribution in [3.8, 4) is 0 Å². The highest BCUT2D eigenvalue weighted by molar-refractivity contribution is 7.95. The molecule has 3 aromatic rings. The minimum Gasteiger partial charge on any atom is -0.456 e. The van der Waals surface area contributed by atoms with E-state index in [0.29, 0.717) is 35.1 Å². The second-order valence-corrected chi connectivity index (χ2v) is 5.45. The van der Waals surface area contributed by atoms with Crippen LogP contribution in [0.4, 0.5) is 0 Å². The van der Waals surface area contributed by atoms with Crippen molar-refractivity contribution in [3.05, 3.63) is 52.7 Å². The summed E-state index contributed by atoms with van der Waals surface area (Å²) in [6.45, 7) is 1.14. The number of fused-ring (bicyclic) bond motifs is 2. The average Bonchev–Trinajstić information content (AvgIpc) is 2.52. The second kappa shape index (κ2) is 6.30. The largest absolute Gasteiger partial charge is 0.456 e. The molecule has 0 atom stereocenters. The van der Waals surface area contributed by atoms with Crippen LogP contribution in [0.5, 0.6) is 0 Å². The fraction of sp³-hybridized carbons (Fsp3) is 0.188. The van der Waals surface area contributed by atoms with Crippen LogP contribution in [-0.2, 0) is 4.18 Å². The maximum absolute atomic E-state index is 12.6. The van der Waals surface area contributed by atoms with Crippen LogP contribution in [0.25, 0.3) is 21.9 Å². The van der Waals surface area contributed by atoms with Crippen LogP contribution < -0.4 is 11.2 Å². The van der Waals surface area contributed by atoms with Crippen LogP contribution in [-0.4, -0.2) is 13.2 Å². The zero-order valence-electron chi connectivity index (χ0n) is 11.4. The maximum Gasteiger partial charge on any atom is 0.201 e. The number of benzene rings is 2. The summed E-state index contributed by atoms with van der Waals surface area (Å²) < 4.78 is 11.3. The molecule has 0 bridgehead atoms. The predicted molar refractivity (Wildman–Crippen MR) is 85.5 cm³/mol. The number of hydrogen-bond donors (Lipinski definition) is 1. The zero-order valence-corrected chi connectivity index (χ0v) is 12.2. The summed E-state index contributed by atoms with van der Waals surface area (Å²) in [5.41, 5.74) is 6.57. The van der Waals surface area contributed by atoms with E-state index in [1.165, 1.54) is 12.0 Å². The lowest BCUT2D eigenvalue weighted by Crippen LogP contribution is -2.04. The molecule has 0 radical (unpaired) electrons. The molecule has 0 spiro atoms. The Bertz CT molecular complexity index is 828. The van der Waals surface area contributed by atoms with E-state index in [1.807, 2.05) is 24.3 Å². The summed E-state index contributed by atoms with van der Waals surface area (Å²) in [6.07, 6.45) is 0.787. The van der Waals surface area contributed by atoms with E-state index in [2.05, 4.69) is 0 Å². The van der Waals surface area contributed by atoms with Crippen LogP contribution in [0.2, 0.25) is 0 Å². The summed E-state index contributed by atoms with van der Waals surface area (Å²) in [4.78, 5) is 13.4. The molecule has 0 fully saturated rings. The van der Waals surface area contributed by atoms with Gasteiger partial charge in [0.25, 0.3) is 0 Å². The molecule has 21 heavy (non-hydrogen) atoms. The fourth-order valence-corrected chi connectivity index (χ4v) is 2.87. The third-order valence-corrected chi connectivity index (χ3v) is 3.95. The standard InChI is InChI=1S/C16H15NO3S/c17-9-4-10-19-21-14-8-3-7-13-15(14)16(18)11-5-1-2-6-12(11)20-13/h1-3,5-8H,4,9-10,17H2. The van der Waals surface area contributed by atoms with Crippen molar-refractivity contribution in [3.63, 3.8) is 0 Å². The first-order valence-electron chi connectivity index (χ1n) is 6.75. The van der Waals surface area contributed by atoms with Gasteiger partial charge < -0.3 is 14.3 Å². The zero-order chi connectivity index (χ0) is 14.7. The topological polar surface area (TPSA) is 65.5 Å². The monoisotopic (exact) mass is 301 g/mol. The number of para-hydroxylation sites is 1. The number of nitrogens with two attached hydrogens (primary N) is 1. The quantitative estimate of drug-likeness (QED) is 0.445. The van der Waals surface area contributed by atoms with Gasteiger partial charge in [-0.15, -0.1) is 0 Å². The van der Waals surface area contributed by atoms with Crippen LogP contribution in [0.3, 0.4) is 0 Å². The van der Waals surface area contributed by atoms with Gasteiger partial charge in [0.1, 0.15) is 11.2 Å². The van der Waals surface area contributed by atoms with E-state index >= 15 is 0 Å². The van der Waals surface area contributed by atoms with Crippen molar-refractivity contribution in [1.29, 1.82) is 0 Å². The van der Waals surface area contributed by atoms with Gasteiger partial charge in [0.05, 0.1) is 22.3 Å². The smallest absolute Gasteiger partial charge is 0.201 e. The molecule has 3 rings (SSSR count). The lowest BCUT2D eigenvalue weighted by atomic mass is 10.1. The highest BCUT2D eigenvalue weighted by atomic mass is 32.2. The molecule has 0 amide bonds. The molecule has 5 heteroatoms. The summed E-state index contributed by atoms with van der Waals surface area (Å²) in [7, 11) is 0. The highest BCUT2D eigenvalue weighted by Gasteiger charge is 2.11. The minimum atomic E-state index is -0.0302. The minimum absolute atomic E-state index is 0.0302. The first-order valence-corrected chi connectivity index (χ1v) is 7.49. The molecule has 2 aromatic carbocycles. The maximum atomic E-state index is 12.6. The van der Waals surface area contributed by atoms with Crippen molar-refractivity contribution < 1.29 is 8.60 Å². The van der Waals surface area contributed by atoms with Gasteiger partial charge in [-0.25, -0.2) is 0 Å². The molecule has 1 heterocycles. The molecule has 0 saturated carbocycles. The Balaban J connectivity index is 2.09. The van der Waals surface area contributed by atoms with E-state index in [9.17, 15) is 4.79 Å². The van der Waals surface area contributed by atoms with E-state index in [-0.39, 0.29) is 5.43 Å². The van der Waals surface area contributed by atoms with Crippen molar-refractivity contribution in [2.45, 2.75) is 11.3 Å². The molecule has 1 aromatic heterocycles. The molecule has 0 aliphatic carbocycles. The van der Waals surface area contributed by atoms with Gasteiger partial charge in [0.2, 0.25) is 5.43 Å².